The van der Waals surface area contributed by atoms with Gasteiger partial charge in [0.15, 0.2) is 11.5 Å². The number of amides is 1. The Balaban J connectivity index is 1.86. The van der Waals surface area contributed by atoms with E-state index in [0.717, 1.165) is 19.6 Å². The molecule has 1 saturated heterocycles. The van der Waals surface area contributed by atoms with E-state index in [-0.39, 0.29) is 11.4 Å². The molecule has 108 valence electrons. The smallest absolute Gasteiger partial charge is 0.254 e. The minimum absolute atomic E-state index is 0.0495. The fourth-order valence-electron chi connectivity index (χ4n) is 2.69. The molecule has 2 aliphatic rings. The van der Waals surface area contributed by atoms with Gasteiger partial charge in [0, 0.05) is 25.2 Å². The number of ether oxygens (including phenoxy) is 2. The van der Waals surface area contributed by atoms with Gasteiger partial charge in [-0.25, -0.2) is 0 Å². The number of nitrogens with zero attached hydrogens (tertiary/aromatic N) is 1. The van der Waals surface area contributed by atoms with Gasteiger partial charge in [-0.3, -0.25) is 4.79 Å². The second-order valence-electron chi connectivity index (χ2n) is 5.80. The van der Waals surface area contributed by atoms with Crippen molar-refractivity contribution in [1.82, 2.24) is 10.2 Å². The molecule has 1 aromatic rings. The fourth-order valence-corrected chi connectivity index (χ4v) is 2.69. The first-order valence-electron chi connectivity index (χ1n) is 7.00. The third kappa shape index (κ3) is 2.33. The Morgan fingerprint density at radius 2 is 2.00 bits per heavy atom. The van der Waals surface area contributed by atoms with Gasteiger partial charge in [0.2, 0.25) is 0 Å². The third-order valence-corrected chi connectivity index (χ3v) is 3.83. The SMILES string of the molecule is CC1(C)CNCCN1C(=O)c1ccc2c(c1)OCCO2. The van der Waals surface area contributed by atoms with Crippen LogP contribution in [0.25, 0.3) is 0 Å². The summed E-state index contributed by atoms with van der Waals surface area (Å²) in [7, 11) is 0. The van der Waals surface area contributed by atoms with Crippen molar-refractivity contribution in [2.75, 3.05) is 32.8 Å². The van der Waals surface area contributed by atoms with Crippen molar-refractivity contribution in [3.63, 3.8) is 0 Å². The Labute approximate surface area is 118 Å². The van der Waals surface area contributed by atoms with Crippen molar-refractivity contribution in [1.29, 1.82) is 0 Å². The second kappa shape index (κ2) is 4.98. The number of benzene rings is 1. The van der Waals surface area contributed by atoms with E-state index in [4.69, 9.17) is 9.47 Å². The summed E-state index contributed by atoms with van der Waals surface area (Å²) in [5.41, 5.74) is 0.479. The molecule has 3 rings (SSSR count). The zero-order valence-electron chi connectivity index (χ0n) is 11.9. The normalized spacial score (nSPS) is 20.6. The first-order chi connectivity index (χ1) is 9.58. The number of nitrogens with one attached hydrogen (secondary N) is 1. The topological polar surface area (TPSA) is 50.8 Å². The number of piperazine rings is 1. The molecule has 20 heavy (non-hydrogen) atoms. The molecule has 0 spiro atoms. The highest BCUT2D eigenvalue weighted by atomic mass is 16.6. The molecule has 1 aromatic carbocycles. The standard InChI is InChI=1S/C15H20N2O3/c1-15(2)10-16-5-6-17(15)14(18)11-3-4-12-13(9-11)20-8-7-19-12/h3-4,9,16H,5-8,10H2,1-2H3. The Hall–Kier alpha value is -1.75. The predicted octanol–water partition coefficient (Wildman–Crippen LogP) is 1.28. The average Bonchev–Trinajstić information content (AvgIpc) is 2.45. The zero-order valence-corrected chi connectivity index (χ0v) is 11.9. The third-order valence-electron chi connectivity index (χ3n) is 3.83. The van der Waals surface area contributed by atoms with E-state index < -0.39 is 0 Å². The number of hydrogen-bond acceptors (Lipinski definition) is 4. The van der Waals surface area contributed by atoms with Crippen molar-refractivity contribution in [3.05, 3.63) is 23.8 Å². The summed E-state index contributed by atoms with van der Waals surface area (Å²) in [5, 5.41) is 3.32. The summed E-state index contributed by atoms with van der Waals surface area (Å²) < 4.78 is 11.0. The molecule has 0 radical (unpaired) electrons. The molecular formula is C15H20N2O3. The second-order valence-corrected chi connectivity index (χ2v) is 5.80. The largest absolute Gasteiger partial charge is 0.486 e. The van der Waals surface area contributed by atoms with Gasteiger partial charge in [-0.1, -0.05) is 0 Å². The quantitative estimate of drug-likeness (QED) is 0.839. The molecule has 1 amide bonds. The van der Waals surface area contributed by atoms with Crippen LogP contribution in [0, 0.1) is 0 Å². The van der Waals surface area contributed by atoms with Gasteiger partial charge in [0.1, 0.15) is 13.2 Å². The molecule has 0 aliphatic carbocycles. The van der Waals surface area contributed by atoms with Gasteiger partial charge in [-0.2, -0.15) is 0 Å². The van der Waals surface area contributed by atoms with Crippen molar-refractivity contribution in [3.8, 4) is 11.5 Å². The van der Waals surface area contributed by atoms with Crippen molar-refractivity contribution < 1.29 is 14.3 Å². The maximum Gasteiger partial charge on any atom is 0.254 e. The van der Waals surface area contributed by atoms with E-state index in [2.05, 4.69) is 19.2 Å². The summed E-state index contributed by atoms with van der Waals surface area (Å²) in [5.74, 6) is 1.43. The van der Waals surface area contributed by atoms with Crippen LogP contribution in [0.3, 0.4) is 0 Å². The molecule has 5 nitrogen and oxygen atoms in total. The molecule has 2 heterocycles. The van der Waals surface area contributed by atoms with Crippen molar-refractivity contribution in [2.24, 2.45) is 0 Å². The lowest BCUT2D eigenvalue weighted by Gasteiger charge is -2.43. The van der Waals surface area contributed by atoms with Gasteiger partial charge in [0.05, 0.1) is 5.54 Å². The molecule has 5 heteroatoms. The highest BCUT2D eigenvalue weighted by Gasteiger charge is 2.34. The first kappa shape index (κ1) is 13.2. The monoisotopic (exact) mass is 276 g/mol. The van der Waals surface area contributed by atoms with Crippen LogP contribution in [-0.4, -0.2) is 49.2 Å². The van der Waals surface area contributed by atoms with E-state index in [1.807, 2.05) is 17.0 Å². The van der Waals surface area contributed by atoms with E-state index in [9.17, 15) is 4.79 Å². The van der Waals surface area contributed by atoms with Crippen LogP contribution < -0.4 is 14.8 Å². The lowest BCUT2D eigenvalue weighted by atomic mass is 9.98. The highest BCUT2D eigenvalue weighted by molar-refractivity contribution is 5.95. The van der Waals surface area contributed by atoms with Gasteiger partial charge < -0.3 is 19.7 Å². The minimum atomic E-state index is -0.178. The minimum Gasteiger partial charge on any atom is -0.486 e. The maximum absolute atomic E-state index is 12.7. The van der Waals surface area contributed by atoms with Crippen molar-refractivity contribution >= 4 is 5.91 Å². The summed E-state index contributed by atoms with van der Waals surface area (Å²) >= 11 is 0. The van der Waals surface area contributed by atoms with Gasteiger partial charge in [0.25, 0.3) is 5.91 Å². The number of hydrogen-bond donors (Lipinski definition) is 1. The summed E-state index contributed by atoms with van der Waals surface area (Å²) in [6.45, 7) is 7.61. The molecule has 0 unspecified atom stereocenters. The molecule has 0 atom stereocenters. The van der Waals surface area contributed by atoms with E-state index in [1.54, 1.807) is 6.07 Å². The molecule has 1 fully saturated rings. The van der Waals surface area contributed by atoms with Gasteiger partial charge >= 0.3 is 0 Å². The summed E-state index contributed by atoms with van der Waals surface area (Å²) in [6, 6.07) is 5.42. The van der Waals surface area contributed by atoms with Crippen LogP contribution in [0.1, 0.15) is 24.2 Å². The summed E-state index contributed by atoms with van der Waals surface area (Å²) in [4.78, 5) is 14.6. The molecular weight excluding hydrogens is 256 g/mol. The first-order valence-corrected chi connectivity index (χ1v) is 7.00. The Morgan fingerprint density at radius 1 is 1.25 bits per heavy atom. The predicted molar refractivity (Wildman–Crippen MR) is 75.4 cm³/mol. The number of carbonyl (C=O) groups excluding carboxylic acids is 1. The number of carbonyl (C=O) groups is 1. The zero-order chi connectivity index (χ0) is 14.2. The Bertz CT molecular complexity index is 528. The van der Waals surface area contributed by atoms with Gasteiger partial charge in [-0.05, 0) is 32.0 Å². The maximum atomic E-state index is 12.7. The van der Waals surface area contributed by atoms with Crippen LogP contribution in [0.4, 0.5) is 0 Å². The lowest BCUT2D eigenvalue weighted by Crippen LogP contribution is -2.59. The Kier molecular flexibility index (Phi) is 3.30. The van der Waals surface area contributed by atoms with E-state index in [0.29, 0.717) is 30.3 Å². The molecule has 0 saturated carbocycles. The van der Waals surface area contributed by atoms with Crippen LogP contribution in [-0.2, 0) is 0 Å². The number of fused-ring (bicyclic) bond motifs is 1. The molecule has 1 N–H and O–H groups in total. The number of rotatable bonds is 1. The fraction of sp³-hybridized carbons (Fsp3) is 0.533. The van der Waals surface area contributed by atoms with Crippen molar-refractivity contribution in [2.45, 2.75) is 19.4 Å². The van der Waals surface area contributed by atoms with Crippen LogP contribution >= 0.6 is 0 Å². The molecule has 0 bridgehead atoms. The van der Waals surface area contributed by atoms with Gasteiger partial charge in [-0.15, -0.1) is 0 Å². The van der Waals surface area contributed by atoms with Crippen LogP contribution in [0.15, 0.2) is 18.2 Å². The molecule has 2 aliphatic heterocycles. The highest BCUT2D eigenvalue weighted by Crippen LogP contribution is 2.31. The van der Waals surface area contributed by atoms with E-state index in [1.165, 1.54) is 0 Å². The van der Waals surface area contributed by atoms with E-state index >= 15 is 0 Å². The van der Waals surface area contributed by atoms with Crippen LogP contribution in [0.5, 0.6) is 11.5 Å². The summed E-state index contributed by atoms with van der Waals surface area (Å²) in [6.07, 6.45) is 0. The van der Waals surface area contributed by atoms with Crippen LogP contribution in [0.2, 0.25) is 0 Å². The molecule has 0 aromatic heterocycles. The lowest BCUT2D eigenvalue weighted by molar-refractivity contribution is 0.0476. The average molecular weight is 276 g/mol. The Morgan fingerprint density at radius 3 is 2.75 bits per heavy atom.